The van der Waals surface area contributed by atoms with Crippen molar-refractivity contribution in [3.8, 4) is 22.0 Å². The molecule has 0 unspecified atom stereocenters. The number of thiophene rings is 1. The van der Waals surface area contributed by atoms with E-state index in [4.69, 9.17) is 4.42 Å². The van der Waals surface area contributed by atoms with E-state index in [0.717, 1.165) is 10.6 Å². The Morgan fingerprint density at radius 2 is 2.15 bits per heavy atom. The fourth-order valence-electron chi connectivity index (χ4n) is 2.49. The number of nitrogens with zero attached hydrogens (tertiary/aromatic N) is 3. The van der Waals surface area contributed by atoms with Gasteiger partial charge in [-0.3, -0.25) is 9.48 Å². The molecule has 0 aromatic carbocycles. The van der Waals surface area contributed by atoms with Crippen molar-refractivity contribution >= 4 is 23.1 Å². The van der Waals surface area contributed by atoms with E-state index in [1.165, 1.54) is 29.7 Å². The second-order valence-electron chi connectivity index (χ2n) is 5.47. The number of carbonyl (C=O) groups is 1. The number of amides is 1. The number of furan rings is 1. The molecule has 1 amide bonds. The molecule has 4 aromatic heterocycles. The fourth-order valence-corrected chi connectivity index (χ4v) is 3.44. The van der Waals surface area contributed by atoms with E-state index in [2.05, 4.69) is 15.4 Å². The van der Waals surface area contributed by atoms with Gasteiger partial charge in [-0.1, -0.05) is 0 Å². The van der Waals surface area contributed by atoms with E-state index in [0.29, 0.717) is 16.3 Å². The largest absolute Gasteiger partial charge is 0.463 e. The lowest BCUT2D eigenvalue weighted by atomic mass is 10.2. The molecule has 0 saturated heterocycles. The molecule has 0 aliphatic carbocycles. The molecule has 0 fully saturated rings. The van der Waals surface area contributed by atoms with Gasteiger partial charge in [0.2, 0.25) is 0 Å². The molecule has 0 bridgehead atoms. The van der Waals surface area contributed by atoms with Gasteiger partial charge in [0.1, 0.15) is 5.69 Å². The maximum absolute atomic E-state index is 13.6. The number of aryl methyl sites for hydroxylation is 1. The van der Waals surface area contributed by atoms with Crippen molar-refractivity contribution in [3.05, 3.63) is 65.6 Å². The normalized spacial score (nSPS) is 10.8. The molecule has 0 aliphatic heterocycles. The summed E-state index contributed by atoms with van der Waals surface area (Å²) in [4.78, 5) is 17.5. The van der Waals surface area contributed by atoms with Crippen LogP contribution in [0.25, 0.3) is 22.0 Å². The summed E-state index contributed by atoms with van der Waals surface area (Å²) in [6, 6.07) is 11.8. The van der Waals surface area contributed by atoms with Crippen molar-refractivity contribution in [2.45, 2.75) is 0 Å². The Labute approximate surface area is 151 Å². The summed E-state index contributed by atoms with van der Waals surface area (Å²) >= 11 is 1.29. The number of carbonyl (C=O) groups excluding carboxylic acids is 1. The molecule has 0 atom stereocenters. The quantitative estimate of drug-likeness (QED) is 0.586. The zero-order valence-electron chi connectivity index (χ0n) is 13.6. The molecule has 0 radical (unpaired) electrons. The summed E-state index contributed by atoms with van der Waals surface area (Å²) < 4.78 is 20.7. The third-order valence-corrected chi connectivity index (χ3v) is 4.83. The van der Waals surface area contributed by atoms with Crippen molar-refractivity contribution in [2.75, 3.05) is 5.32 Å². The SMILES string of the molecule is Cn1nc(-c2ccco2)cc1-c1ccc(C(=O)Nc2ncccc2F)s1. The monoisotopic (exact) mass is 368 g/mol. The highest BCUT2D eigenvalue weighted by Crippen LogP contribution is 2.31. The number of hydrogen-bond donors (Lipinski definition) is 1. The maximum atomic E-state index is 13.6. The first-order chi connectivity index (χ1) is 12.6. The van der Waals surface area contributed by atoms with Gasteiger partial charge in [-0.05, 0) is 42.5 Å². The average Bonchev–Trinajstić information content (AvgIpc) is 3.36. The highest BCUT2D eigenvalue weighted by Gasteiger charge is 2.16. The molecule has 1 N–H and O–H groups in total. The van der Waals surface area contributed by atoms with Crippen LogP contribution in [-0.2, 0) is 7.05 Å². The third-order valence-electron chi connectivity index (χ3n) is 3.73. The van der Waals surface area contributed by atoms with Gasteiger partial charge in [0.25, 0.3) is 5.91 Å². The Morgan fingerprint density at radius 3 is 2.92 bits per heavy atom. The lowest BCUT2D eigenvalue weighted by Crippen LogP contribution is -2.12. The van der Waals surface area contributed by atoms with Gasteiger partial charge in [-0.2, -0.15) is 5.10 Å². The lowest BCUT2D eigenvalue weighted by molar-refractivity contribution is 0.102. The summed E-state index contributed by atoms with van der Waals surface area (Å²) in [5, 5.41) is 6.91. The number of pyridine rings is 1. The minimum Gasteiger partial charge on any atom is -0.463 e. The van der Waals surface area contributed by atoms with E-state index in [-0.39, 0.29) is 5.82 Å². The topological polar surface area (TPSA) is 73.0 Å². The highest BCUT2D eigenvalue weighted by atomic mass is 32.1. The summed E-state index contributed by atoms with van der Waals surface area (Å²) in [5.41, 5.74) is 1.56. The molecule has 8 heteroatoms. The molecule has 26 heavy (non-hydrogen) atoms. The van der Waals surface area contributed by atoms with Crippen molar-refractivity contribution in [3.63, 3.8) is 0 Å². The average molecular weight is 368 g/mol. The summed E-state index contributed by atoms with van der Waals surface area (Å²) in [7, 11) is 1.82. The van der Waals surface area contributed by atoms with Crippen LogP contribution < -0.4 is 5.32 Å². The van der Waals surface area contributed by atoms with Gasteiger partial charge < -0.3 is 9.73 Å². The van der Waals surface area contributed by atoms with E-state index < -0.39 is 11.7 Å². The number of nitrogens with one attached hydrogen (secondary N) is 1. The van der Waals surface area contributed by atoms with Crippen molar-refractivity contribution < 1.29 is 13.6 Å². The molecule has 4 heterocycles. The first kappa shape index (κ1) is 16.2. The van der Waals surface area contributed by atoms with Crippen molar-refractivity contribution in [1.29, 1.82) is 0 Å². The van der Waals surface area contributed by atoms with E-state index >= 15 is 0 Å². The molecule has 4 rings (SSSR count). The van der Waals surface area contributed by atoms with Crippen LogP contribution in [0.15, 0.2) is 59.3 Å². The Kier molecular flexibility index (Phi) is 4.10. The van der Waals surface area contributed by atoms with Gasteiger partial charge in [0, 0.05) is 13.2 Å². The number of hydrogen-bond acceptors (Lipinski definition) is 5. The van der Waals surface area contributed by atoms with Crippen LogP contribution in [0, 0.1) is 5.82 Å². The predicted octanol–water partition coefficient (Wildman–Crippen LogP) is 4.20. The van der Waals surface area contributed by atoms with Gasteiger partial charge in [-0.25, -0.2) is 9.37 Å². The Hall–Kier alpha value is -3.26. The summed E-state index contributed by atoms with van der Waals surface area (Å²) in [6.07, 6.45) is 3.01. The first-order valence-corrected chi connectivity index (χ1v) is 8.53. The maximum Gasteiger partial charge on any atom is 0.266 e. The van der Waals surface area contributed by atoms with Crippen LogP contribution in [0.1, 0.15) is 9.67 Å². The number of anilines is 1. The van der Waals surface area contributed by atoms with E-state index in [1.54, 1.807) is 23.1 Å². The van der Waals surface area contributed by atoms with Gasteiger partial charge in [0.05, 0.1) is 21.7 Å². The molecule has 130 valence electrons. The predicted molar refractivity (Wildman–Crippen MR) is 96.4 cm³/mol. The van der Waals surface area contributed by atoms with E-state index in [1.807, 2.05) is 25.2 Å². The zero-order chi connectivity index (χ0) is 18.1. The Morgan fingerprint density at radius 1 is 1.27 bits per heavy atom. The summed E-state index contributed by atoms with van der Waals surface area (Å²) in [5.74, 6) is -0.403. The molecular weight excluding hydrogens is 355 g/mol. The third kappa shape index (κ3) is 3.02. The van der Waals surface area contributed by atoms with Gasteiger partial charge in [0.15, 0.2) is 17.4 Å². The minimum absolute atomic E-state index is 0.0897. The Bertz CT molecular complexity index is 1070. The minimum atomic E-state index is -0.577. The highest BCUT2D eigenvalue weighted by molar-refractivity contribution is 7.17. The second kappa shape index (κ2) is 6.57. The molecule has 0 saturated carbocycles. The van der Waals surface area contributed by atoms with Gasteiger partial charge >= 0.3 is 0 Å². The van der Waals surface area contributed by atoms with Gasteiger partial charge in [-0.15, -0.1) is 11.3 Å². The standard InChI is InChI=1S/C18H13FN4O2S/c1-23-13(10-12(22-23)14-5-3-9-25-14)15-6-7-16(26-15)18(24)21-17-11(19)4-2-8-20-17/h2-10H,1H3,(H,20,21,24). The molecule has 4 aromatic rings. The molecule has 6 nitrogen and oxygen atoms in total. The van der Waals surface area contributed by atoms with Crippen LogP contribution >= 0.6 is 11.3 Å². The smallest absolute Gasteiger partial charge is 0.266 e. The lowest BCUT2D eigenvalue weighted by Gasteiger charge is -2.03. The van der Waals surface area contributed by atoms with Crippen molar-refractivity contribution in [1.82, 2.24) is 14.8 Å². The number of aromatic nitrogens is 3. The number of halogens is 1. The number of rotatable bonds is 4. The van der Waals surface area contributed by atoms with Crippen LogP contribution in [0.3, 0.4) is 0 Å². The van der Waals surface area contributed by atoms with Crippen LogP contribution in [0.2, 0.25) is 0 Å². The first-order valence-electron chi connectivity index (χ1n) is 7.72. The van der Waals surface area contributed by atoms with Crippen LogP contribution in [-0.4, -0.2) is 20.7 Å². The molecule has 0 aliphatic rings. The molecular formula is C18H13FN4O2S. The molecule has 0 spiro atoms. The second-order valence-corrected chi connectivity index (χ2v) is 6.55. The Balaban J connectivity index is 1.58. The van der Waals surface area contributed by atoms with Crippen molar-refractivity contribution in [2.24, 2.45) is 7.05 Å². The zero-order valence-corrected chi connectivity index (χ0v) is 14.5. The van der Waals surface area contributed by atoms with Crippen LogP contribution in [0.5, 0.6) is 0 Å². The fraction of sp³-hybridized carbons (Fsp3) is 0.0556. The van der Waals surface area contributed by atoms with E-state index in [9.17, 15) is 9.18 Å². The summed E-state index contributed by atoms with van der Waals surface area (Å²) in [6.45, 7) is 0. The van der Waals surface area contributed by atoms with Crippen LogP contribution in [0.4, 0.5) is 10.2 Å².